The Morgan fingerprint density at radius 2 is 2.10 bits per heavy atom. The van der Waals surface area contributed by atoms with Crippen LogP contribution in [0.1, 0.15) is 6.42 Å². The molecule has 0 amide bonds. The molecular weight excluding hydrogens is 280 g/mol. The lowest BCUT2D eigenvalue weighted by molar-refractivity contribution is 0.166. The SMILES string of the molecule is CN(C1CCNC1)S(=O)(=O)c1cccc2c1OCCO2. The van der Waals surface area contributed by atoms with Gasteiger partial charge in [0.05, 0.1) is 0 Å². The lowest BCUT2D eigenvalue weighted by Gasteiger charge is -2.26. The Bertz CT molecular complexity index is 596. The second-order valence-electron chi connectivity index (χ2n) is 4.95. The van der Waals surface area contributed by atoms with Crippen molar-refractivity contribution in [3.8, 4) is 11.5 Å². The van der Waals surface area contributed by atoms with Crippen molar-refractivity contribution in [2.75, 3.05) is 33.4 Å². The Hall–Kier alpha value is -1.31. The molecule has 1 fully saturated rings. The molecule has 1 saturated heterocycles. The fourth-order valence-corrected chi connectivity index (χ4v) is 4.08. The molecule has 0 radical (unpaired) electrons. The summed E-state index contributed by atoms with van der Waals surface area (Å²) in [4.78, 5) is 0.184. The highest BCUT2D eigenvalue weighted by molar-refractivity contribution is 7.89. The normalized spacial score (nSPS) is 22.2. The summed E-state index contributed by atoms with van der Waals surface area (Å²) in [5.74, 6) is 0.826. The topological polar surface area (TPSA) is 67.9 Å². The first-order chi connectivity index (χ1) is 9.60. The quantitative estimate of drug-likeness (QED) is 0.877. The largest absolute Gasteiger partial charge is 0.486 e. The summed E-state index contributed by atoms with van der Waals surface area (Å²) in [6, 6.07) is 4.97. The number of hydrogen-bond donors (Lipinski definition) is 1. The Morgan fingerprint density at radius 1 is 1.30 bits per heavy atom. The fraction of sp³-hybridized carbons (Fsp3) is 0.538. The van der Waals surface area contributed by atoms with Crippen LogP contribution in [0.15, 0.2) is 23.1 Å². The first-order valence-electron chi connectivity index (χ1n) is 6.68. The molecule has 3 rings (SSSR count). The standard InChI is InChI=1S/C13H18N2O4S/c1-15(10-5-6-14-9-10)20(16,17)12-4-2-3-11-13(12)19-8-7-18-11/h2-4,10,14H,5-9H2,1H3. The molecule has 110 valence electrons. The van der Waals surface area contributed by atoms with Gasteiger partial charge in [-0.2, -0.15) is 4.31 Å². The smallest absolute Gasteiger partial charge is 0.246 e. The van der Waals surface area contributed by atoms with E-state index in [4.69, 9.17) is 9.47 Å². The zero-order valence-electron chi connectivity index (χ0n) is 11.3. The highest BCUT2D eigenvalue weighted by Crippen LogP contribution is 2.37. The molecule has 2 heterocycles. The summed E-state index contributed by atoms with van der Waals surface area (Å²) < 4.78 is 37.9. The maximum atomic E-state index is 12.8. The van der Waals surface area contributed by atoms with Crippen LogP contribution in [-0.4, -0.2) is 52.1 Å². The Balaban J connectivity index is 1.98. The molecule has 6 nitrogen and oxygen atoms in total. The molecule has 20 heavy (non-hydrogen) atoms. The molecule has 0 aliphatic carbocycles. The third-order valence-corrected chi connectivity index (χ3v) is 5.67. The van der Waals surface area contributed by atoms with Crippen LogP contribution in [0.4, 0.5) is 0 Å². The van der Waals surface area contributed by atoms with E-state index in [1.807, 2.05) is 0 Å². The van der Waals surface area contributed by atoms with Crippen LogP contribution < -0.4 is 14.8 Å². The van der Waals surface area contributed by atoms with Crippen LogP contribution in [-0.2, 0) is 10.0 Å². The van der Waals surface area contributed by atoms with Crippen molar-refractivity contribution < 1.29 is 17.9 Å². The average molecular weight is 298 g/mol. The maximum Gasteiger partial charge on any atom is 0.246 e. The minimum atomic E-state index is -3.58. The highest BCUT2D eigenvalue weighted by Gasteiger charge is 2.33. The Kier molecular flexibility index (Phi) is 3.57. The van der Waals surface area contributed by atoms with Crippen molar-refractivity contribution in [1.29, 1.82) is 0 Å². The number of rotatable bonds is 3. The van der Waals surface area contributed by atoms with E-state index in [9.17, 15) is 8.42 Å². The first kappa shape index (κ1) is 13.7. The van der Waals surface area contributed by atoms with Gasteiger partial charge in [0.1, 0.15) is 18.1 Å². The summed E-state index contributed by atoms with van der Waals surface area (Å²) in [5, 5.41) is 3.18. The lowest BCUT2D eigenvalue weighted by atomic mass is 10.3. The van der Waals surface area contributed by atoms with Gasteiger partial charge in [-0.15, -0.1) is 0 Å². The lowest BCUT2D eigenvalue weighted by Crippen LogP contribution is -2.38. The molecule has 2 aliphatic rings. The summed E-state index contributed by atoms with van der Waals surface area (Å²) >= 11 is 0. The van der Waals surface area contributed by atoms with E-state index < -0.39 is 10.0 Å². The highest BCUT2D eigenvalue weighted by atomic mass is 32.2. The molecule has 1 aromatic carbocycles. The van der Waals surface area contributed by atoms with E-state index in [1.54, 1.807) is 25.2 Å². The molecule has 2 aliphatic heterocycles. The molecule has 0 saturated carbocycles. The van der Waals surface area contributed by atoms with E-state index in [-0.39, 0.29) is 10.9 Å². The number of benzene rings is 1. The monoisotopic (exact) mass is 298 g/mol. The van der Waals surface area contributed by atoms with Gasteiger partial charge in [-0.3, -0.25) is 0 Å². The molecule has 1 aromatic rings. The van der Waals surface area contributed by atoms with E-state index in [2.05, 4.69) is 5.32 Å². The Labute approximate surface area is 118 Å². The van der Waals surface area contributed by atoms with E-state index in [0.29, 0.717) is 31.3 Å². The molecule has 0 aromatic heterocycles. The zero-order valence-corrected chi connectivity index (χ0v) is 12.1. The second kappa shape index (κ2) is 5.23. The van der Waals surface area contributed by atoms with Gasteiger partial charge in [0, 0.05) is 19.6 Å². The molecule has 0 spiro atoms. The number of likely N-dealkylation sites (N-methyl/N-ethyl adjacent to an activating group) is 1. The first-order valence-corrected chi connectivity index (χ1v) is 8.12. The predicted octanol–water partition coefficient (Wildman–Crippen LogP) is 0.440. The summed E-state index contributed by atoms with van der Waals surface area (Å²) in [6.07, 6.45) is 0.822. The minimum absolute atomic E-state index is 0.0136. The number of para-hydroxylation sites is 1. The fourth-order valence-electron chi connectivity index (χ4n) is 2.55. The van der Waals surface area contributed by atoms with Crippen LogP contribution in [0, 0.1) is 0 Å². The molecule has 1 unspecified atom stereocenters. The number of nitrogens with zero attached hydrogens (tertiary/aromatic N) is 1. The van der Waals surface area contributed by atoms with Gasteiger partial charge in [0.15, 0.2) is 11.5 Å². The predicted molar refractivity (Wildman–Crippen MR) is 73.7 cm³/mol. The number of hydrogen-bond acceptors (Lipinski definition) is 5. The van der Waals surface area contributed by atoms with Crippen molar-refractivity contribution in [1.82, 2.24) is 9.62 Å². The van der Waals surface area contributed by atoms with Crippen molar-refractivity contribution in [2.45, 2.75) is 17.4 Å². The van der Waals surface area contributed by atoms with Gasteiger partial charge >= 0.3 is 0 Å². The van der Waals surface area contributed by atoms with Gasteiger partial charge in [0.25, 0.3) is 0 Å². The minimum Gasteiger partial charge on any atom is -0.486 e. The van der Waals surface area contributed by atoms with Crippen LogP contribution in [0.5, 0.6) is 11.5 Å². The van der Waals surface area contributed by atoms with Gasteiger partial charge in [-0.1, -0.05) is 6.07 Å². The molecular formula is C13H18N2O4S. The van der Waals surface area contributed by atoms with Gasteiger partial charge in [-0.05, 0) is 25.1 Å². The number of ether oxygens (including phenoxy) is 2. The second-order valence-corrected chi connectivity index (χ2v) is 6.91. The van der Waals surface area contributed by atoms with Gasteiger partial charge in [0.2, 0.25) is 10.0 Å². The van der Waals surface area contributed by atoms with Crippen LogP contribution in [0.2, 0.25) is 0 Å². The van der Waals surface area contributed by atoms with Crippen molar-refractivity contribution in [3.63, 3.8) is 0 Å². The van der Waals surface area contributed by atoms with E-state index in [0.717, 1.165) is 13.0 Å². The van der Waals surface area contributed by atoms with Crippen LogP contribution >= 0.6 is 0 Å². The number of nitrogens with one attached hydrogen (secondary N) is 1. The maximum absolute atomic E-state index is 12.8. The third kappa shape index (κ3) is 2.25. The molecule has 1 N–H and O–H groups in total. The number of fused-ring (bicyclic) bond motifs is 1. The van der Waals surface area contributed by atoms with Gasteiger partial charge < -0.3 is 14.8 Å². The Morgan fingerprint density at radius 3 is 2.85 bits per heavy atom. The van der Waals surface area contributed by atoms with E-state index >= 15 is 0 Å². The van der Waals surface area contributed by atoms with Crippen molar-refractivity contribution in [2.24, 2.45) is 0 Å². The zero-order chi connectivity index (χ0) is 14.2. The molecule has 1 atom stereocenters. The van der Waals surface area contributed by atoms with Crippen molar-refractivity contribution in [3.05, 3.63) is 18.2 Å². The van der Waals surface area contributed by atoms with E-state index in [1.165, 1.54) is 4.31 Å². The molecule has 0 bridgehead atoms. The van der Waals surface area contributed by atoms with Gasteiger partial charge in [-0.25, -0.2) is 8.42 Å². The summed E-state index contributed by atoms with van der Waals surface area (Å²) in [5.41, 5.74) is 0. The summed E-state index contributed by atoms with van der Waals surface area (Å²) in [7, 11) is -1.95. The number of sulfonamides is 1. The molecule has 7 heteroatoms. The van der Waals surface area contributed by atoms with Crippen molar-refractivity contribution >= 4 is 10.0 Å². The average Bonchev–Trinajstić information content (AvgIpc) is 2.99. The van der Waals surface area contributed by atoms with Crippen LogP contribution in [0.3, 0.4) is 0 Å². The van der Waals surface area contributed by atoms with Crippen LogP contribution in [0.25, 0.3) is 0 Å². The summed E-state index contributed by atoms with van der Waals surface area (Å²) in [6.45, 7) is 2.34. The third-order valence-electron chi connectivity index (χ3n) is 3.74.